The molecule has 0 atom stereocenters. The van der Waals surface area contributed by atoms with Crippen LogP contribution in [0.3, 0.4) is 0 Å². The standard InChI is InChI=1S/C17H19ClN2O/c1-2-13-7-9-15(10-8-13)19-12-17(21)20-11-14-5-3-4-6-16(14)18/h3-10,19H,2,11-12H2,1H3,(H,20,21). The van der Waals surface area contributed by atoms with Gasteiger partial charge in [0.05, 0.1) is 6.54 Å². The van der Waals surface area contributed by atoms with Crippen LogP contribution in [-0.2, 0) is 17.8 Å². The van der Waals surface area contributed by atoms with Crippen LogP contribution >= 0.6 is 11.6 Å². The van der Waals surface area contributed by atoms with Gasteiger partial charge in [-0.15, -0.1) is 0 Å². The lowest BCUT2D eigenvalue weighted by Crippen LogP contribution is -2.29. The number of nitrogens with one attached hydrogen (secondary N) is 2. The molecule has 3 nitrogen and oxygen atoms in total. The zero-order chi connectivity index (χ0) is 15.1. The highest BCUT2D eigenvalue weighted by atomic mass is 35.5. The summed E-state index contributed by atoms with van der Waals surface area (Å²) >= 11 is 6.04. The van der Waals surface area contributed by atoms with Crippen LogP contribution in [0.4, 0.5) is 5.69 Å². The lowest BCUT2D eigenvalue weighted by atomic mass is 10.1. The molecule has 0 unspecified atom stereocenters. The summed E-state index contributed by atoms with van der Waals surface area (Å²) in [6, 6.07) is 15.6. The van der Waals surface area contributed by atoms with E-state index < -0.39 is 0 Å². The second kappa shape index (κ2) is 7.70. The molecule has 2 rings (SSSR count). The summed E-state index contributed by atoms with van der Waals surface area (Å²) in [4.78, 5) is 11.8. The minimum absolute atomic E-state index is 0.0607. The molecule has 2 aromatic carbocycles. The number of rotatable bonds is 6. The highest BCUT2D eigenvalue weighted by molar-refractivity contribution is 6.31. The minimum Gasteiger partial charge on any atom is -0.376 e. The average Bonchev–Trinajstić information content (AvgIpc) is 2.52. The predicted molar refractivity (Wildman–Crippen MR) is 87.6 cm³/mol. The molecule has 1 amide bonds. The van der Waals surface area contributed by atoms with Crippen molar-refractivity contribution < 1.29 is 4.79 Å². The van der Waals surface area contributed by atoms with Crippen molar-refractivity contribution >= 4 is 23.2 Å². The summed E-state index contributed by atoms with van der Waals surface area (Å²) in [5, 5.41) is 6.62. The molecule has 0 saturated carbocycles. The van der Waals surface area contributed by atoms with E-state index in [2.05, 4.69) is 29.7 Å². The van der Waals surface area contributed by atoms with Crippen LogP contribution in [0, 0.1) is 0 Å². The van der Waals surface area contributed by atoms with Gasteiger partial charge in [0.2, 0.25) is 5.91 Å². The van der Waals surface area contributed by atoms with Gasteiger partial charge in [-0.1, -0.05) is 48.9 Å². The van der Waals surface area contributed by atoms with Crippen LogP contribution in [0.5, 0.6) is 0 Å². The Kier molecular flexibility index (Phi) is 5.64. The summed E-state index contributed by atoms with van der Waals surface area (Å²) in [5.41, 5.74) is 3.14. The van der Waals surface area contributed by atoms with Crippen molar-refractivity contribution in [2.45, 2.75) is 19.9 Å². The summed E-state index contributed by atoms with van der Waals surface area (Å²) in [6.45, 7) is 2.80. The van der Waals surface area contributed by atoms with Gasteiger partial charge >= 0.3 is 0 Å². The average molecular weight is 303 g/mol. The molecular formula is C17H19ClN2O. The number of carbonyl (C=O) groups is 1. The fourth-order valence-electron chi connectivity index (χ4n) is 1.94. The van der Waals surface area contributed by atoms with Gasteiger partial charge < -0.3 is 10.6 Å². The van der Waals surface area contributed by atoms with Gasteiger partial charge in [0.25, 0.3) is 0 Å². The molecule has 2 N–H and O–H groups in total. The van der Waals surface area contributed by atoms with Gasteiger partial charge in [-0.3, -0.25) is 4.79 Å². The van der Waals surface area contributed by atoms with Crippen LogP contribution < -0.4 is 10.6 Å². The number of benzene rings is 2. The molecule has 2 aromatic rings. The largest absolute Gasteiger partial charge is 0.376 e. The van der Waals surface area contributed by atoms with E-state index in [1.54, 1.807) is 0 Å². The molecule has 0 radical (unpaired) electrons. The molecule has 0 aliphatic carbocycles. The third-order valence-electron chi connectivity index (χ3n) is 3.25. The highest BCUT2D eigenvalue weighted by Gasteiger charge is 2.03. The number of carbonyl (C=O) groups excluding carboxylic acids is 1. The maximum absolute atomic E-state index is 11.8. The van der Waals surface area contributed by atoms with Gasteiger partial charge in [-0.2, -0.15) is 0 Å². The second-order valence-corrected chi connectivity index (χ2v) is 5.18. The third-order valence-corrected chi connectivity index (χ3v) is 3.62. The number of hydrogen-bond donors (Lipinski definition) is 2. The quantitative estimate of drug-likeness (QED) is 0.855. The van der Waals surface area contributed by atoms with E-state index in [-0.39, 0.29) is 12.5 Å². The number of hydrogen-bond acceptors (Lipinski definition) is 2. The SMILES string of the molecule is CCc1ccc(NCC(=O)NCc2ccccc2Cl)cc1. The summed E-state index contributed by atoms with van der Waals surface area (Å²) < 4.78 is 0. The number of halogens is 1. The van der Waals surface area contributed by atoms with Crippen LogP contribution in [0.2, 0.25) is 5.02 Å². The van der Waals surface area contributed by atoms with Crippen molar-refractivity contribution in [2.75, 3.05) is 11.9 Å². The Morgan fingerprint density at radius 3 is 2.48 bits per heavy atom. The molecule has 0 aliphatic rings. The van der Waals surface area contributed by atoms with Crippen molar-refractivity contribution in [3.63, 3.8) is 0 Å². The normalized spacial score (nSPS) is 10.2. The fraction of sp³-hybridized carbons (Fsp3) is 0.235. The Bertz CT molecular complexity index is 596. The fourth-order valence-corrected chi connectivity index (χ4v) is 2.14. The van der Waals surface area contributed by atoms with Crippen molar-refractivity contribution in [1.29, 1.82) is 0 Å². The molecule has 0 spiro atoms. The molecule has 4 heteroatoms. The first-order chi connectivity index (χ1) is 10.2. The Balaban J connectivity index is 1.78. The molecule has 0 aliphatic heterocycles. The van der Waals surface area contributed by atoms with Crippen LogP contribution in [-0.4, -0.2) is 12.5 Å². The highest BCUT2D eigenvalue weighted by Crippen LogP contribution is 2.14. The first-order valence-corrected chi connectivity index (χ1v) is 7.39. The monoisotopic (exact) mass is 302 g/mol. The maximum Gasteiger partial charge on any atom is 0.239 e. The van der Waals surface area contributed by atoms with E-state index in [9.17, 15) is 4.79 Å². The molecule has 110 valence electrons. The summed E-state index contributed by atoms with van der Waals surface area (Å²) in [6.07, 6.45) is 1.01. The van der Waals surface area contributed by atoms with E-state index in [4.69, 9.17) is 11.6 Å². The lowest BCUT2D eigenvalue weighted by Gasteiger charge is -2.09. The van der Waals surface area contributed by atoms with E-state index in [0.29, 0.717) is 11.6 Å². The van der Waals surface area contributed by atoms with Crippen LogP contribution in [0.25, 0.3) is 0 Å². The second-order valence-electron chi connectivity index (χ2n) is 4.77. The first-order valence-electron chi connectivity index (χ1n) is 7.02. The Labute approximate surface area is 130 Å². The molecular weight excluding hydrogens is 284 g/mol. The zero-order valence-corrected chi connectivity index (χ0v) is 12.8. The maximum atomic E-state index is 11.8. The molecule has 21 heavy (non-hydrogen) atoms. The van der Waals surface area contributed by atoms with Gasteiger partial charge in [-0.25, -0.2) is 0 Å². The third kappa shape index (κ3) is 4.80. The van der Waals surface area contributed by atoms with Crippen LogP contribution in [0.15, 0.2) is 48.5 Å². The summed E-state index contributed by atoms with van der Waals surface area (Å²) in [7, 11) is 0. The number of aryl methyl sites for hydroxylation is 1. The van der Waals surface area contributed by atoms with Crippen LogP contribution in [0.1, 0.15) is 18.1 Å². The summed E-state index contributed by atoms with van der Waals surface area (Å²) in [5.74, 6) is -0.0607. The molecule has 0 bridgehead atoms. The van der Waals surface area contributed by atoms with Crippen molar-refractivity contribution in [1.82, 2.24) is 5.32 Å². The van der Waals surface area contributed by atoms with E-state index in [1.165, 1.54) is 5.56 Å². The van der Waals surface area contributed by atoms with Gasteiger partial charge in [0.15, 0.2) is 0 Å². The topological polar surface area (TPSA) is 41.1 Å². The molecule has 0 saturated heterocycles. The Hall–Kier alpha value is -2.00. The van der Waals surface area contributed by atoms with E-state index in [1.807, 2.05) is 36.4 Å². The number of anilines is 1. The van der Waals surface area contributed by atoms with Gasteiger partial charge in [-0.05, 0) is 35.7 Å². The van der Waals surface area contributed by atoms with Gasteiger partial charge in [0, 0.05) is 17.3 Å². The van der Waals surface area contributed by atoms with Crippen molar-refractivity contribution in [2.24, 2.45) is 0 Å². The molecule has 0 heterocycles. The van der Waals surface area contributed by atoms with E-state index in [0.717, 1.165) is 17.7 Å². The first kappa shape index (κ1) is 15.4. The molecule has 0 aromatic heterocycles. The lowest BCUT2D eigenvalue weighted by molar-refractivity contribution is -0.119. The van der Waals surface area contributed by atoms with E-state index >= 15 is 0 Å². The number of amides is 1. The minimum atomic E-state index is -0.0607. The zero-order valence-electron chi connectivity index (χ0n) is 12.0. The predicted octanol–water partition coefficient (Wildman–Crippen LogP) is 3.63. The smallest absolute Gasteiger partial charge is 0.239 e. The van der Waals surface area contributed by atoms with Crippen molar-refractivity contribution in [3.8, 4) is 0 Å². The Morgan fingerprint density at radius 2 is 1.81 bits per heavy atom. The van der Waals surface area contributed by atoms with Crippen molar-refractivity contribution in [3.05, 3.63) is 64.7 Å². The Morgan fingerprint density at radius 1 is 1.10 bits per heavy atom. The van der Waals surface area contributed by atoms with Gasteiger partial charge in [0.1, 0.15) is 0 Å². The molecule has 0 fully saturated rings.